The van der Waals surface area contributed by atoms with Crippen molar-refractivity contribution in [3.63, 3.8) is 0 Å². The second-order valence-electron chi connectivity index (χ2n) is 6.43. The standard InChI is InChI=1S/C12H18F3NO/c1-8-4-11(17,2-3-16-8)9-5-10(6-9,7-9)12(13,14)15/h8,16-17H,2-7H2,1H3. The SMILES string of the molecule is CC1CC(O)(C23CC(C(F)(F)F)(C2)C3)CCN1. The number of hydrogen-bond acceptors (Lipinski definition) is 2. The number of piperidine rings is 1. The second kappa shape index (κ2) is 2.99. The van der Waals surface area contributed by atoms with E-state index < -0.39 is 22.6 Å². The lowest BCUT2D eigenvalue weighted by molar-refractivity contribution is -0.402. The Balaban J connectivity index is 1.74. The number of rotatable bonds is 1. The van der Waals surface area contributed by atoms with Gasteiger partial charge < -0.3 is 10.4 Å². The van der Waals surface area contributed by atoms with Crippen molar-refractivity contribution in [2.75, 3.05) is 6.54 Å². The molecule has 1 aliphatic heterocycles. The Hall–Kier alpha value is -0.290. The van der Waals surface area contributed by atoms with E-state index in [0.717, 1.165) is 0 Å². The van der Waals surface area contributed by atoms with E-state index in [-0.39, 0.29) is 25.3 Å². The molecule has 3 saturated carbocycles. The van der Waals surface area contributed by atoms with Crippen LogP contribution in [0.4, 0.5) is 13.2 Å². The highest BCUT2D eigenvalue weighted by Crippen LogP contribution is 2.82. The molecule has 0 aromatic heterocycles. The van der Waals surface area contributed by atoms with Crippen LogP contribution in [0.25, 0.3) is 0 Å². The van der Waals surface area contributed by atoms with E-state index >= 15 is 0 Å². The van der Waals surface area contributed by atoms with Crippen molar-refractivity contribution in [3.05, 3.63) is 0 Å². The Bertz CT molecular complexity index is 334. The minimum Gasteiger partial charge on any atom is -0.389 e. The average Bonchev–Trinajstić information content (AvgIpc) is 1.92. The van der Waals surface area contributed by atoms with E-state index in [4.69, 9.17) is 0 Å². The summed E-state index contributed by atoms with van der Waals surface area (Å²) in [6.07, 6.45) is -2.47. The normalized spacial score (nSPS) is 53.8. The maximum Gasteiger partial charge on any atom is 0.394 e. The minimum absolute atomic E-state index is 0.146. The van der Waals surface area contributed by atoms with Crippen molar-refractivity contribution in [2.45, 2.75) is 56.8 Å². The van der Waals surface area contributed by atoms with Crippen LogP contribution < -0.4 is 5.32 Å². The predicted molar refractivity (Wildman–Crippen MR) is 56.4 cm³/mol. The third kappa shape index (κ3) is 1.30. The van der Waals surface area contributed by atoms with Crippen molar-refractivity contribution in [2.24, 2.45) is 10.8 Å². The maximum absolute atomic E-state index is 12.8. The zero-order valence-electron chi connectivity index (χ0n) is 9.90. The largest absolute Gasteiger partial charge is 0.394 e. The van der Waals surface area contributed by atoms with Gasteiger partial charge in [0.25, 0.3) is 0 Å². The van der Waals surface area contributed by atoms with Gasteiger partial charge in [0, 0.05) is 11.5 Å². The summed E-state index contributed by atoms with van der Waals surface area (Å²) >= 11 is 0. The molecule has 1 saturated heterocycles. The van der Waals surface area contributed by atoms with E-state index in [1.54, 1.807) is 0 Å². The van der Waals surface area contributed by atoms with Gasteiger partial charge in [0.15, 0.2) is 0 Å². The molecule has 3 aliphatic carbocycles. The molecule has 4 rings (SSSR count). The summed E-state index contributed by atoms with van der Waals surface area (Å²) in [5.41, 5.74) is -2.75. The first-order valence-electron chi connectivity index (χ1n) is 6.25. The predicted octanol–water partition coefficient (Wildman–Crippen LogP) is 2.22. The number of nitrogens with one attached hydrogen (secondary N) is 1. The zero-order chi connectivity index (χ0) is 12.5. The molecule has 2 bridgehead atoms. The molecule has 2 unspecified atom stereocenters. The van der Waals surface area contributed by atoms with Crippen molar-refractivity contribution in [3.8, 4) is 0 Å². The van der Waals surface area contributed by atoms with Crippen LogP contribution in [-0.4, -0.2) is 29.5 Å². The van der Waals surface area contributed by atoms with Crippen molar-refractivity contribution in [1.82, 2.24) is 5.32 Å². The van der Waals surface area contributed by atoms with Crippen LogP contribution in [0.3, 0.4) is 0 Å². The van der Waals surface area contributed by atoms with Crippen molar-refractivity contribution < 1.29 is 18.3 Å². The first-order valence-corrected chi connectivity index (χ1v) is 6.25. The van der Waals surface area contributed by atoms with Crippen LogP contribution >= 0.6 is 0 Å². The second-order valence-corrected chi connectivity index (χ2v) is 6.43. The van der Waals surface area contributed by atoms with Crippen LogP contribution in [0.2, 0.25) is 0 Å². The maximum atomic E-state index is 12.8. The van der Waals surface area contributed by atoms with Gasteiger partial charge in [-0.2, -0.15) is 13.2 Å². The van der Waals surface area contributed by atoms with Crippen molar-refractivity contribution in [1.29, 1.82) is 0 Å². The zero-order valence-corrected chi connectivity index (χ0v) is 9.90. The number of halogens is 3. The summed E-state index contributed by atoms with van der Waals surface area (Å²) in [7, 11) is 0. The van der Waals surface area contributed by atoms with Gasteiger partial charge >= 0.3 is 6.18 Å². The van der Waals surface area contributed by atoms with Crippen LogP contribution in [-0.2, 0) is 0 Å². The van der Waals surface area contributed by atoms with Crippen LogP contribution in [0, 0.1) is 10.8 Å². The summed E-state index contributed by atoms with van der Waals surface area (Å²) in [6.45, 7) is 2.69. The number of alkyl halides is 3. The van der Waals surface area contributed by atoms with E-state index in [9.17, 15) is 18.3 Å². The third-order valence-electron chi connectivity index (χ3n) is 5.29. The van der Waals surface area contributed by atoms with Gasteiger partial charge in [-0.1, -0.05) is 0 Å². The molecular formula is C12H18F3NO. The molecule has 4 aliphatic rings. The van der Waals surface area contributed by atoms with Crippen LogP contribution in [0.15, 0.2) is 0 Å². The van der Waals surface area contributed by atoms with Gasteiger partial charge in [0.05, 0.1) is 11.0 Å². The highest BCUT2D eigenvalue weighted by atomic mass is 19.4. The molecule has 0 spiro atoms. The Kier molecular flexibility index (Phi) is 2.07. The molecule has 0 aromatic carbocycles. The Morgan fingerprint density at radius 2 is 1.82 bits per heavy atom. The van der Waals surface area contributed by atoms with Crippen LogP contribution in [0.1, 0.15) is 39.0 Å². The molecule has 0 amide bonds. The quantitative estimate of drug-likeness (QED) is 0.747. The third-order valence-corrected chi connectivity index (χ3v) is 5.29. The Morgan fingerprint density at radius 3 is 2.29 bits per heavy atom. The summed E-state index contributed by atoms with van der Waals surface area (Å²) in [6, 6.07) is 0.199. The van der Waals surface area contributed by atoms with Crippen LogP contribution in [0.5, 0.6) is 0 Å². The monoisotopic (exact) mass is 249 g/mol. The summed E-state index contributed by atoms with van der Waals surface area (Å²) in [4.78, 5) is 0. The lowest BCUT2D eigenvalue weighted by atomic mass is 9.30. The molecule has 0 radical (unpaired) electrons. The lowest BCUT2D eigenvalue weighted by Crippen LogP contribution is -2.77. The highest BCUT2D eigenvalue weighted by Gasteiger charge is 2.82. The summed E-state index contributed by atoms with van der Waals surface area (Å²) < 4.78 is 38.3. The fraction of sp³-hybridized carbons (Fsp3) is 1.00. The molecule has 5 heteroatoms. The van der Waals surface area contributed by atoms with E-state index in [1.165, 1.54) is 0 Å². The Morgan fingerprint density at radius 1 is 1.24 bits per heavy atom. The molecule has 2 atom stereocenters. The summed E-state index contributed by atoms with van der Waals surface area (Å²) in [5, 5.41) is 13.9. The van der Waals surface area contributed by atoms with Gasteiger partial charge in [0.1, 0.15) is 0 Å². The van der Waals surface area contributed by atoms with E-state index in [0.29, 0.717) is 19.4 Å². The topological polar surface area (TPSA) is 32.3 Å². The smallest absolute Gasteiger partial charge is 0.389 e. The number of hydrogen-bond donors (Lipinski definition) is 2. The molecule has 98 valence electrons. The van der Waals surface area contributed by atoms with E-state index in [1.807, 2.05) is 6.92 Å². The van der Waals surface area contributed by atoms with Crippen molar-refractivity contribution >= 4 is 0 Å². The molecule has 1 heterocycles. The fourth-order valence-corrected chi connectivity index (χ4v) is 4.27. The summed E-state index contributed by atoms with van der Waals surface area (Å²) in [5.74, 6) is 0. The molecule has 4 fully saturated rings. The number of aliphatic hydroxyl groups is 1. The van der Waals surface area contributed by atoms with Gasteiger partial charge in [-0.05, 0) is 45.6 Å². The first kappa shape index (κ1) is 11.8. The fourth-order valence-electron chi connectivity index (χ4n) is 4.27. The Labute approximate surface area is 98.6 Å². The van der Waals surface area contributed by atoms with Gasteiger partial charge in [-0.25, -0.2) is 0 Å². The molecule has 2 nitrogen and oxygen atoms in total. The van der Waals surface area contributed by atoms with E-state index in [2.05, 4.69) is 5.32 Å². The average molecular weight is 249 g/mol. The minimum atomic E-state index is -4.08. The van der Waals surface area contributed by atoms with Gasteiger partial charge in [-0.15, -0.1) is 0 Å². The molecule has 0 aromatic rings. The van der Waals surface area contributed by atoms with Gasteiger partial charge in [0.2, 0.25) is 0 Å². The van der Waals surface area contributed by atoms with Gasteiger partial charge in [-0.3, -0.25) is 0 Å². The molecule has 17 heavy (non-hydrogen) atoms. The molecular weight excluding hydrogens is 231 g/mol. The highest BCUT2D eigenvalue weighted by molar-refractivity contribution is 5.26. The first-order chi connectivity index (χ1) is 7.72. The molecule has 2 N–H and O–H groups in total. The lowest BCUT2D eigenvalue weighted by Gasteiger charge is -2.76.